The van der Waals surface area contributed by atoms with Crippen LogP contribution in [0.4, 0.5) is 0 Å². The molecule has 0 bridgehead atoms. The van der Waals surface area contributed by atoms with E-state index in [0.29, 0.717) is 23.0 Å². The lowest BCUT2D eigenvalue weighted by atomic mass is 10.0. The van der Waals surface area contributed by atoms with Gasteiger partial charge in [-0.15, -0.1) is 11.3 Å². The molecule has 2 aliphatic rings. The number of hydrogen-bond donors (Lipinski definition) is 1. The zero-order chi connectivity index (χ0) is 21.8. The minimum absolute atomic E-state index is 0.00825. The van der Waals surface area contributed by atoms with Crippen LogP contribution in [0.5, 0.6) is 0 Å². The van der Waals surface area contributed by atoms with Gasteiger partial charge in [-0.25, -0.2) is 18.1 Å². The van der Waals surface area contributed by atoms with Gasteiger partial charge in [0.15, 0.2) is 0 Å². The second kappa shape index (κ2) is 7.55. The van der Waals surface area contributed by atoms with Crippen LogP contribution in [0.25, 0.3) is 10.4 Å². The molecule has 0 unspecified atom stereocenters. The van der Waals surface area contributed by atoms with E-state index in [4.69, 9.17) is 0 Å². The summed E-state index contributed by atoms with van der Waals surface area (Å²) in [7, 11) is -2.48. The van der Waals surface area contributed by atoms with Crippen LogP contribution in [0, 0.1) is 12.8 Å². The maximum Gasteiger partial charge on any atom is 0.256 e. The van der Waals surface area contributed by atoms with E-state index >= 15 is 0 Å². The van der Waals surface area contributed by atoms with Crippen LogP contribution >= 0.6 is 11.3 Å². The van der Waals surface area contributed by atoms with Crippen molar-refractivity contribution < 1.29 is 18.0 Å². The van der Waals surface area contributed by atoms with Crippen LogP contribution < -0.4 is 4.72 Å². The van der Waals surface area contributed by atoms with Crippen LogP contribution in [0.1, 0.15) is 53.3 Å². The monoisotopic (exact) mass is 447 g/mol. The van der Waals surface area contributed by atoms with Gasteiger partial charge in [0, 0.05) is 12.6 Å². The molecule has 1 saturated carbocycles. The molecule has 0 saturated heterocycles. The summed E-state index contributed by atoms with van der Waals surface area (Å²) in [4.78, 5) is 31.8. The van der Waals surface area contributed by atoms with Crippen molar-refractivity contribution in [2.45, 2.75) is 57.5 Å². The number of benzene rings is 1. The maximum absolute atomic E-state index is 13.2. The van der Waals surface area contributed by atoms with Gasteiger partial charge in [0.25, 0.3) is 5.91 Å². The second-order valence-electron chi connectivity index (χ2n) is 8.13. The third-order valence-corrected chi connectivity index (χ3v) is 8.50. The highest BCUT2D eigenvalue weighted by Crippen LogP contribution is 2.41. The summed E-state index contributed by atoms with van der Waals surface area (Å²) in [6, 6.07) is 3.55. The fourth-order valence-corrected chi connectivity index (χ4v) is 6.18. The highest BCUT2D eigenvalue weighted by atomic mass is 32.2. The molecule has 9 heteroatoms. The number of nitrogens with zero attached hydrogens (tertiary/aromatic N) is 2. The fraction of sp³-hybridized carbons (Fsp3) is 0.476. The zero-order valence-corrected chi connectivity index (χ0v) is 19.1. The Hall–Kier alpha value is -2.10. The number of Topliss-reactive ketones (excluding diaryl/α,β-unsaturated/α-hetero) is 1. The lowest BCUT2D eigenvalue weighted by Gasteiger charge is -2.24. The lowest BCUT2D eigenvalue weighted by Crippen LogP contribution is -2.35. The van der Waals surface area contributed by atoms with E-state index in [9.17, 15) is 18.0 Å². The highest BCUT2D eigenvalue weighted by molar-refractivity contribution is 7.89. The van der Waals surface area contributed by atoms with Gasteiger partial charge in [0.1, 0.15) is 10.8 Å². The van der Waals surface area contributed by atoms with Crippen LogP contribution in [0.3, 0.4) is 0 Å². The maximum atomic E-state index is 13.2. The fourth-order valence-electron chi connectivity index (χ4n) is 4.06. The van der Waals surface area contributed by atoms with Gasteiger partial charge in [-0.3, -0.25) is 9.59 Å². The van der Waals surface area contributed by atoms with Gasteiger partial charge < -0.3 is 4.90 Å². The summed E-state index contributed by atoms with van der Waals surface area (Å²) < 4.78 is 28.0. The molecule has 1 aliphatic carbocycles. The van der Waals surface area contributed by atoms with Crippen molar-refractivity contribution in [2.24, 2.45) is 5.92 Å². The minimum atomic E-state index is -3.83. The quantitative estimate of drug-likeness (QED) is 0.704. The molecule has 0 spiro atoms. The number of carbonyl (C=O) groups is 2. The number of aromatic nitrogens is 1. The van der Waals surface area contributed by atoms with E-state index in [1.165, 1.54) is 25.3 Å². The Balaban J connectivity index is 1.84. The Kier molecular flexibility index (Phi) is 5.32. The predicted molar refractivity (Wildman–Crippen MR) is 115 cm³/mol. The number of sulfonamides is 1. The molecular weight excluding hydrogens is 422 g/mol. The topological polar surface area (TPSA) is 96.4 Å². The van der Waals surface area contributed by atoms with Crippen molar-refractivity contribution in [3.05, 3.63) is 34.0 Å². The number of rotatable bonds is 7. The van der Waals surface area contributed by atoms with Crippen LogP contribution in [0.15, 0.2) is 17.0 Å². The largest absolute Gasteiger partial charge is 0.331 e. The third-order valence-electron chi connectivity index (χ3n) is 5.86. The molecule has 1 aromatic carbocycles. The lowest BCUT2D eigenvalue weighted by molar-refractivity contribution is -0.116. The predicted octanol–water partition coefficient (Wildman–Crippen LogP) is 2.91. The molecule has 1 atom stereocenters. The number of aryl methyl sites for hydroxylation is 1. The molecule has 1 amide bonds. The second-order valence-corrected chi connectivity index (χ2v) is 11.1. The molecule has 1 aromatic heterocycles. The number of ketones is 1. The van der Waals surface area contributed by atoms with Crippen LogP contribution in [-0.4, -0.2) is 43.1 Å². The number of thiazole rings is 1. The highest BCUT2D eigenvalue weighted by Gasteiger charge is 2.41. The Bertz CT molecular complexity index is 1150. The van der Waals surface area contributed by atoms with E-state index in [-0.39, 0.29) is 34.6 Å². The summed E-state index contributed by atoms with van der Waals surface area (Å²) in [6.45, 7) is 5.81. The molecule has 30 heavy (non-hydrogen) atoms. The molecule has 0 radical (unpaired) electrons. The van der Waals surface area contributed by atoms with Crippen molar-refractivity contribution >= 4 is 33.1 Å². The zero-order valence-electron chi connectivity index (χ0n) is 17.5. The Labute approximate surface area is 180 Å². The molecule has 2 aromatic rings. The van der Waals surface area contributed by atoms with Crippen LogP contribution in [0.2, 0.25) is 0 Å². The van der Waals surface area contributed by atoms with Gasteiger partial charge in [0.2, 0.25) is 10.0 Å². The first-order valence-electron chi connectivity index (χ1n) is 10.00. The number of fused-ring (bicyclic) bond motifs is 1. The molecular formula is C21H25N3O4S2. The van der Waals surface area contributed by atoms with Gasteiger partial charge >= 0.3 is 0 Å². The Morgan fingerprint density at radius 1 is 1.37 bits per heavy atom. The Morgan fingerprint density at radius 3 is 2.67 bits per heavy atom. The van der Waals surface area contributed by atoms with E-state index in [1.54, 1.807) is 11.0 Å². The average Bonchev–Trinajstić information content (AvgIpc) is 3.40. The van der Waals surface area contributed by atoms with Crippen molar-refractivity contribution in [2.75, 3.05) is 7.05 Å². The van der Waals surface area contributed by atoms with Gasteiger partial charge in [-0.05, 0) is 69.8 Å². The normalized spacial score (nSPS) is 17.3. The summed E-state index contributed by atoms with van der Waals surface area (Å²) in [5.74, 6) is 0.297. The van der Waals surface area contributed by atoms with E-state index < -0.39 is 10.0 Å². The number of hydrogen-bond acceptors (Lipinski definition) is 6. The molecule has 160 valence electrons. The Morgan fingerprint density at radius 2 is 2.07 bits per heavy atom. The molecule has 7 nitrogen and oxygen atoms in total. The number of carbonyl (C=O) groups excluding carboxylic acids is 2. The first-order chi connectivity index (χ1) is 14.1. The summed E-state index contributed by atoms with van der Waals surface area (Å²) in [5, 5.41) is 0.702. The number of amides is 1. The standard InChI is InChI=1S/C21H25N3O4S2/c1-11(25)7-18-23-12(2)20(29-18)15-8-16-10-24(13(3)14-5-6-14)21(26)19(16)17(9-15)30(27,28)22-4/h8-9,13-14,22H,5-7,10H2,1-4H3/t13-/m0/s1. The third kappa shape index (κ3) is 3.70. The molecule has 1 aliphatic heterocycles. The smallest absolute Gasteiger partial charge is 0.256 e. The van der Waals surface area contributed by atoms with Gasteiger partial charge in [-0.2, -0.15) is 0 Å². The summed E-state index contributed by atoms with van der Waals surface area (Å²) in [5.41, 5.74) is 2.45. The minimum Gasteiger partial charge on any atom is -0.331 e. The van der Waals surface area contributed by atoms with Crippen LogP contribution in [-0.2, 0) is 27.8 Å². The molecule has 2 heterocycles. The van der Waals surface area contributed by atoms with Crippen molar-refractivity contribution in [1.82, 2.24) is 14.6 Å². The average molecular weight is 448 g/mol. The van der Waals surface area contributed by atoms with Gasteiger partial charge in [-0.1, -0.05) is 0 Å². The molecule has 4 rings (SSSR count). The van der Waals surface area contributed by atoms with Crippen molar-refractivity contribution in [3.63, 3.8) is 0 Å². The van der Waals surface area contributed by atoms with Crippen molar-refractivity contribution in [1.29, 1.82) is 0 Å². The van der Waals surface area contributed by atoms with E-state index in [0.717, 1.165) is 29.0 Å². The van der Waals surface area contributed by atoms with Gasteiger partial charge in [0.05, 0.1) is 27.5 Å². The number of nitrogens with one attached hydrogen (secondary N) is 1. The first-order valence-corrected chi connectivity index (χ1v) is 12.3. The summed E-state index contributed by atoms with van der Waals surface area (Å²) >= 11 is 1.39. The van der Waals surface area contributed by atoms with E-state index in [1.807, 2.05) is 19.9 Å². The molecule has 1 fully saturated rings. The molecule has 1 N–H and O–H groups in total. The first kappa shape index (κ1) is 21.1. The van der Waals surface area contributed by atoms with Crippen molar-refractivity contribution in [3.8, 4) is 10.4 Å². The summed E-state index contributed by atoms with van der Waals surface area (Å²) in [6.07, 6.45) is 2.46. The van der Waals surface area contributed by atoms with E-state index in [2.05, 4.69) is 9.71 Å². The SMILES string of the molecule is CNS(=O)(=O)c1cc(-c2sc(CC(C)=O)nc2C)cc2c1C(=O)N([C@@H](C)C1CC1)C2.